The van der Waals surface area contributed by atoms with E-state index in [9.17, 15) is 4.79 Å². The monoisotopic (exact) mass is 363 g/mol. The molecule has 8 heteroatoms. The van der Waals surface area contributed by atoms with Crippen molar-refractivity contribution in [3.63, 3.8) is 0 Å². The summed E-state index contributed by atoms with van der Waals surface area (Å²) in [7, 11) is 0. The number of hydrogen-bond donors (Lipinski definition) is 1. The van der Waals surface area contributed by atoms with Crippen LogP contribution >= 0.6 is 0 Å². The zero-order chi connectivity index (χ0) is 18.5. The van der Waals surface area contributed by atoms with E-state index in [4.69, 9.17) is 0 Å². The summed E-state index contributed by atoms with van der Waals surface area (Å²) < 4.78 is 1.63. The average molecular weight is 363 g/mol. The maximum absolute atomic E-state index is 13.0. The van der Waals surface area contributed by atoms with Gasteiger partial charge in [0, 0.05) is 12.4 Å². The number of pyridine rings is 1. The first-order valence-electron chi connectivity index (χ1n) is 9.07. The zero-order valence-electron chi connectivity index (χ0n) is 14.9. The summed E-state index contributed by atoms with van der Waals surface area (Å²) in [6, 6.07) is 13.1. The molecule has 3 heterocycles. The van der Waals surface area contributed by atoms with Gasteiger partial charge in [-0.1, -0.05) is 24.3 Å². The number of aromatic nitrogens is 5. The van der Waals surface area contributed by atoms with Gasteiger partial charge in [-0.3, -0.25) is 14.7 Å². The van der Waals surface area contributed by atoms with Gasteiger partial charge in [-0.2, -0.15) is 4.68 Å². The van der Waals surface area contributed by atoms with Crippen LogP contribution in [0.4, 0.5) is 0 Å². The fourth-order valence-electron chi connectivity index (χ4n) is 3.41. The number of tetrazole rings is 1. The zero-order valence-corrected chi connectivity index (χ0v) is 14.9. The van der Waals surface area contributed by atoms with Gasteiger partial charge in [0.1, 0.15) is 6.04 Å². The van der Waals surface area contributed by atoms with Gasteiger partial charge in [-0.25, -0.2) is 0 Å². The van der Waals surface area contributed by atoms with Crippen LogP contribution in [0, 0.1) is 0 Å². The molecule has 3 aromatic rings. The predicted molar refractivity (Wildman–Crippen MR) is 98.8 cm³/mol. The number of nitrogens with one attached hydrogen (secondary N) is 1. The van der Waals surface area contributed by atoms with Gasteiger partial charge in [0.25, 0.3) is 0 Å². The van der Waals surface area contributed by atoms with Gasteiger partial charge in [-0.05, 0) is 60.1 Å². The molecule has 27 heavy (non-hydrogen) atoms. The lowest BCUT2D eigenvalue weighted by molar-refractivity contribution is -0.126. The number of carbonyl (C=O) groups excluding carboxylic acids is 1. The Morgan fingerprint density at radius 2 is 1.93 bits per heavy atom. The van der Waals surface area contributed by atoms with Gasteiger partial charge < -0.3 is 5.32 Å². The second-order valence-electron chi connectivity index (χ2n) is 6.49. The lowest BCUT2D eigenvalue weighted by Gasteiger charge is -2.26. The molecule has 1 aromatic carbocycles. The lowest BCUT2D eigenvalue weighted by Crippen LogP contribution is -2.39. The Morgan fingerprint density at radius 3 is 2.67 bits per heavy atom. The number of benzene rings is 1. The van der Waals surface area contributed by atoms with Crippen molar-refractivity contribution < 1.29 is 4.79 Å². The van der Waals surface area contributed by atoms with Crippen molar-refractivity contribution in [3.8, 4) is 5.69 Å². The number of amides is 1. The molecule has 1 atom stereocenters. The van der Waals surface area contributed by atoms with E-state index in [2.05, 4.69) is 30.7 Å². The third-order valence-electron chi connectivity index (χ3n) is 4.71. The number of carbonyl (C=O) groups is 1. The van der Waals surface area contributed by atoms with Crippen LogP contribution in [0.3, 0.4) is 0 Å². The fourth-order valence-corrected chi connectivity index (χ4v) is 3.41. The summed E-state index contributed by atoms with van der Waals surface area (Å²) in [5, 5.41) is 14.8. The molecule has 1 fully saturated rings. The van der Waals surface area contributed by atoms with Gasteiger partial charge in [0.15, 0.2) is 5.82 Å². The van der Waals surface area contributed by atoms with E-state index in [1.807, 2.05) is 42.5 Å². The molecule has 0 spiro atoms. The van der Waals surface area contributed by atoms with Crippen LogP contribution < -0.4 is 5.32 Å². The second-order valence-corrected chi connectivity index (χ2v) is 6.49. The molecule has 1 aliphatic rings. The largest absolute Gasteiger partial charge is 0.347 e. The van der Waals surface area contributed by atoms with Crippen LogP contribution in [0.5, 0.6) is 0 Å². The number of likely N-dealkylation sites (tertiary alicyclic amines) is 1. The molecule has 0 bridgehead atoms. The first kappa shape index (κ1) is 17.3. The van der Waals surface area contributed by atoms with Gasteiger partial charge in [0.2, 0.25) is 5.91 Å². The second kappa shape index (κ2) is 8.05. The quantitative estimate of drug-likeness (QED) is 0.714. The van der Waals surface area contributed by atoms with Gasteiger partial charge >= 0.3 is 0 Å². The van der Waals surface area contributed by atoms with Crippen molar-refractivity contribution in [2.45, 2.75) is 25.4 Å². The maximum atomic E-state index is 13.0. The van der Waals surface area contributed by atoms with Crippen LogP contribution in [-0.4, -0.2) is 49.1 Å². The highest BCUT2D eigenvalue weighted by atomic mass is 16.2. The molecule has 2 aromatic heterocycles. The molecule has 8 nitrogen and oxygen atoms in total. The van der Waals surface area contributed by atoms with Crippen LogP contribution in [0.1, 0.15) is 30.3 Å². The van der Waals surface area contributed by atoms with Crippen molar-refractivity contribution in [3.05, 3.63) is 66.2 Å². The minimum atomic E-state index is -0.345. The summed E-state index contributed by atoms with van der Waals surface area (Å²) in [4.78, 5) is 19.4. The summed E-state index contributed by atoms with van der Waals surface area (Å²) in [5.41, 5.74) is 1.76. The Kier molecular flexibility index (Phi) is 5.15. The molecule has 1 saturated heterocycles. The highest BCUT2D eigenvalue weighted by molar-refractivity contribution is 5.83. The first-order valence-corrected chi connectivity index (χ1v) is 9.07. The van der Waals surface area contributed by atoms with E-state index in [0.717, 1.165) is 37.2 Å². The van der Waals surface area contributed by atoms with Crippen LogP contribution in [0.25, 0.3) is 5.69 Å². The molecule has 4 rings (SSSR count). The number of nitrogens with zero attached hydrogens (tertiary/aromatic N) is 6. The van der Waals surface area contributed by atoms with E-state index in [-0.39, 0.29) is 18.5 Å². The van der Waals surface area contributed by atoms with Crippen LogP contribution in [-0.2, 0) is 11.3 Å². The van der Waals surface area contributed by atoms with E-state index in [0.29, 0.717) is 5.82 Å². The van der Waals surface area contributed by atoms with Crippen molar-refractivity contribution in [1.82, 2.24) is 35.4 Å². The SMILES string of the molecule is O=C(NCc1nnnn1-c1ccccc1)C(c1cccnc1)N1CCCC1. The Labute approximate surface area is 157 Å². The Morgan fingerprint density at radius 1 is 1.11 bits per heavy atom. The van der Waals surface area contributed by atoms with Crippen molar-refractivity contribution in [2.75, 3.05) is 13.1 Å². The van der Waals surface area contributed by atoms with E-state index in [1.54, 1.807) is 17.1 Å². The third-order valence-corrected chi connectivity index (χ3v) is 4.71. The first-order chi connectivity index (χ1) is 13.3. The molecule has 1 amide bonds. The summed E-state index contributed by atoms with van der Waals surface area (Å²) in [5.74, 6) is 0.522. The summed E-state index contributed by atoms with van der Waals surface area (Å²) in [6.07, 6.45) is 5.69. The highest BCUT2D eigenvalue weighted by Gasteiger charge is 2.30. The van der Waals surface area contributed by atoms with E-state index >= 15 is 0 Å². The molecular weight excluding hydrogens is 342 g/mol. The molecule has 1 aliphatic heterocycles. The van der Waals surface area contributed by atoms with Crippen LogP contribution in [0.15, 0.2) is 54.9 Å². The smallest absolute Gasteiger partial charge is 0.242 e. The van der Waals surface area contributed by atoms with E-state index < -0.39 is 0 Å². The topological polar surface area (TPSA) is 88.8 Å². The Bertz CT molecular complexity index is 875. The normalized spacial score (nSPS) is 15.6. The Balaban J connectivity index is 1.50. The standard InChI is InChI=1S/C19H21N7O/c27-19(18(25-11-4-5-12-25)15-7-6-10-20-13-15)21-14-17-22-23-24-26(17)16-8-2-1-3-9-16/h1-3,6-10,13,18H,4-5,11-12,14H2,(H,21,27). The Hall–Kier alpha value is -3.13. The molecule has 0 radical (unpaired) electrons. The van der Waals surface area contributed by atoms with Crippen molar-refractivity contribution in [1.29, 1.82) is 0 Å². The van der Waals surface area contributed by atoms with Crippen LogP contribution in [0.2, 0.25) is 0 Å². The van der Waals surface area contributed by atoms with Crippen molar-refractivity contribution >= 4 is 5.91 Å². The molecule has 138 valence electrons. The fraction of sp³-hybridized carbons (Fsp3) is 0.316. The lowest BCUT2D eigenvalue weighted by atomic mass is 10.1. The minimum absolute atomic E-state index is 0.0625. The number of rotatable bonds is 6. The van der Waals surface area contributed by atoms with Gasteiger partial charge in [-0.15, -0.1) is 5.10 Å². The molecular formula is C19H21N7O. The number of hydrogen-bond acceptors (Lipinski definition) is 6. The summed E-state index contributed by atoms with van der Waals surface area (Å²) >= 11 is 0. The number of para-hydroxylation sites is 1. The molecule has 0 saturated carbocycles. The predicted octanol–water partition coefficient (Wildman–Crippen LogP) is 1.51. The van der Waals surface area contributed by atoms with Crippen molar-refractivity contribution in [2.24, 2.45) is 0 Å². The average Bonchev–Trinajstić information content (AvgIpc) is 3.40. The molecule has 1 N–H and O–H groups in total. The molecule has 0 aliphatic carbocycles. The molecule has 1 unspecified atom stereocenters. The third kappa shape index (κ3) is 3.85. The van der Waals surface area contributed by atoms with Gasteiger partial charge in [0.05, 0.1) is 12.2 Å². The summed E-state index contributed by atoms with van der Waals surface area (Å²) in [6.45, 7) is 2.08. The highest BCUT2D eigenvalue weighted by Crippen LogP contribution is 2.24. The van der Waals surface area contributed by atoms with E-state index in [1.165, 1.54) is 0 Å². The minimum Gasteiger partial charge on any atom is -0.347 e. The maximum Gasteiger partial charge on any atom is 0.242 e.